The van der Waals surface area contributed by atoms with Crippen LogP contribution in [0.25, 0.3) is 0 Å². The standard InChI is InChI=1S/C27H33ClF3N3O/c1-18-2-7-23(16-25(18)27(29,30)31)33-22-8-3-20(4-9-22)26(35)32-17-19-12-14-34(15-13-19)24-10-5-21(28)6-11-24/h2,5-7,10-11,16,19-20,22,33H,3-4,8-9,12-15,17H2,1H3,(H,32,35). The molecule has 35 heavy (non-hydrogen) atoms. The lowest BCUT2D eigenvalue weighted by atomic mass is 9.85. The smallest absolute Gasteiger partial charge is 0.382 e. The minimum absolute atomic E-state index is 0.0223. The molecule has 1 aliphatic carbocycles. The Hall–Kier alpha value is -2.41. The molecule has 2 fully saturated rings. The van der Waals surface area contributed by atoms with Crippen molar-refractivity contribution in [2.75, 3.05) is 29.9 Å². The minimum Gasteiger partial charge on any atom is -0.382 e. The normalized spacial score (nSPS) is 21.6. The van der Waals surface area contributed by atoms with Crippen molar-refractivity contribution in [3.05, 3.63) is 58.6 Å². The number of halogens is 4. The quantitative estimate of drug-likeness (QED) is 0.459. The van der Waals surface area contributed by atoms with E-state index in [-0.39, 0.29) is 23.4 Å². The highest BCUT2D eigenvalue weighted by molar-refractivity contribution is 6.30. The Labute approximate surface area is 210 Å². The van der Waals surface area contributed by atoms with Crippen molar-refractivity contribution < 1.29 is 18.0 Å². The van der Waals surface area contributed by atoms with E-state index in [4.69, 9.17) is 11.6 Å². The average Bonchev–Trinajstić information content (AvgIpc) is 2.84. The molecule has 0 radical (unpaired) electrons. The molecule has 2 aliphatic rings. The molecule has 1 saturated heterocycles. The number of amides is 1. The Morgan fingerprint density at radius 3 is 2.29 bits per heavy atom. The zero-order chi connectivity index (χ0) is 25.0. The first kappa shape index (κ1) is 25.7. The van der Waals surface area contributed by atoms with Crippen molar-refractivity contribution >= 4 is 28.9 Å². The Kier molecular flexibility index (Phi) is 8.15. The third kappa shape index (κ3) is 6.84. The van der Waals surface area contributed by atoms with E-state index in [2.05, 4.69) is 15.5 Å². The molecule has 190 valence electrons. The fourth-order valence-electron chi connectivity index (χ4n) is 5.19. The monoisotopic (exact) mass is 507 g/mol. The summed E-state index contributed by atoms with van der Waals surface area (Å²) < 4.78 is 39.6. The molecule has 2 aromatic carbocycles. The van der Waals surface area contributed by atoms with Crippen LogP contribution in [-0.2, 0) is 11.0 Å². The highest BCUT2D eigenvalue weighted by atomic mass is 35.5. The summed E-state index contributed by atoms with van der Waals surface area (Å²) in [6, 6.07) is 12.4. The molecule has 0 spiro atoms. The van der Waals surface area contributed by atoms with E-state index in [9.17, 15) is 18.0 Å². The Bertz CT molecular complexity index is 996. The first-order chi connectivity index (χ1) is 16.7. The second kappa shape index (κ2) is 11.1. The second-order valence-electron chi connectivity index (χ2n) is 9.87. The molecule has 1 heterocycles. The Morgan fingerprint density at radius 1 is 1.00 bits per heavy atom. The fourth-order valence-corrected chi connectivity index (χ4v) is 5.32. The summed E-state index contributed by atoms with van der Waals surface area (Å²) >= 11 is 5.98. The molecule has 2 aromatic rings. The number of piperidine rings is 1. The Balaban J connectivity index is 1.18. The van der Waals surface area contributed by atoms with E-state index in [1.165, 1.54) is 24.7 Å². The summed E-state index contributed by atoms with van der Waals surface area (Å²) in [7, 11) is 0. The number of nitrogens with one attached hydrogen (secondary N) is 2. The van der Waals surface area contributed by atoms with E-state index >= 15 is 0 Å². The van der Waals surface area contributed by atoms with E-state index in [1.54, 1.807) is 6.07 Å². The lowest BCUT2D eigenvalue weighted by molar-refractivity contribution is -0.138. The van der Waals surface area contributed by atoms with Crippen LogP contribution in [0.15, 0.2) is 42.5 Å². The van der Waals surface area contributed by atoms with Crippen LogP contribution in [0.2, 0.25) is 5.02 Å². The maximum Gasteiger partial charge on any atom is 0.416 e. The zero-order valence-electron chi connectivity index (χ0n) is 20.0. The molecular formula is C27H33ClF3N3O. The maximum atomic E-state index is 13.2. The van der Waals surface area contributed by atoms with Crippen LogP contribution in [0.3, 0.4) is 0 Å². The topological polar surface area (TPSA) is 44.4 Å². The highest BCUT2D eigenvalue weighted by Crippen LogP contribution is 2.34. The van der Waals surface area contributed by atoms with E-state index in [0.29, 0.717) is 18.2 Å². The number of nitrogens with zero attached hydrogens (tertiary/aromatic N) is 1. The summed E-state index contributed by atoms with van der Waals surface area (Å²) in [5, 5.41) is 7.14. The lowest BCUT2D eigenvalue weighted by Crippen LogP contribution is -2.41. The molecule has 0 aromatic heterocycles. The highest BCUT2D eigenvalue weighted by Gasteiger charge is 2.33. The summed E-state index contributed by atoms with van der Waals surface area (Å²) in [5.41, 5.74) is 1.29. The molecular weight excluding hydrogens is 475 g/mol. The fraction of sp³-hybridized carbons (Fsp3) is 0.519. The van der Waals surface area contributed by atoms with Gasteiger partial charge < -0.3 is 15.5 Å². The van der Waals surface area contributed by atoms with Gasteiger partial charge in [-0.25, -0.2) is 0 Å². The van der Waals surface area contributed by atoms with Crippen LogP contribution < -0.4 is 15.5 Å². The van der Waals surface area contributed by atoms with Crippen LogP contribution >= 0.6 is 11.6 Å². The van der Waals surface area contributed by atoms with Crippen molar-refractivity contribution in [2.24, 2.45) is 11.8 Å². The maximum absolute atomic E-state index is 13.2. The van der Waals surface area contributed by atoms with Crippen molar-refractivity contribution in [2.45, 2.75) is 57.7 Å². The number of anilines is 2. The van der Waals surface area contributed by atoms with Gasteiger partial charge in [-0.3, -0.25) is 4.79 Å². The first-order valence-corrected chi connectivity index (χ1v) is 12.8. The molecule has 1 saturated carbocycles. The number of carbonyl (C=O) groups is 1. The number of aryl methyl sites for hydroxylation is 1. The molecule has 0 bridgehead atoms. The molecule has 4 rings (SSSR count). The molecule has 4 nitrogen and oxygen atoms in total. The number of carbonyl (C=O) groups excluding carboxylic acids is 1. The van der Waals surface area contributed by atoms with E-state index in [1.807, 2.05) is 24.3 Å². The van der Waals surface area contributed by atoms with Gasteiger partial charge in [0.25, 0.3) is 0 Å². The molecule has 8 heteroatoms. The molecule has 1 amide bonds. The third-order valence-corrected chi connectivity index (χ3v) is 7.63. The number of hydrogen-bond donors (Lipinski definition) is 2. The van der Waals surface area contributed by atoms with Gasteiger partial charge >= 0.3 is 6.18 Å². The predicted molar refractivity (Wildman–Crippen MR) is 135 cm³/mol. The molecule has 0 unspecified atom stereocenters. The van der Waals surface area contributed by atoms with Crippen LogP contribution in [0.5, 0.6) is 0 Å². The lowest BCUT2D eigenvalue weighted by Gasteiger charge is -2.34. The third-order valence-electron chi connectivity index (χ3n) is 7.38. The van der Waals surface area contributed by atoms with Gasteiger partial charge in [-0.05, 0) is 93.3 Å². The summed E-state index contributed by atoms with van der Waals surface area (Å²) in [6.45, 7) is 4.11. The van der Waals surface area contributed by atoms with Crippen molar-refractivity contribution in [3.63, 3.8) is 0 Å². The number of alkyl halides is 3. The van der Waals surface area contributed by atoms with Gasteiger partial charge in [0.05, 0.1) is 5.56 Å². The SMILES string of the molecule is Cc1ccc(NC2CCC(C(=O)NCC3CCN(c4ccc(Cl)cc4)CC3)CC2)cc1C(F)(F)F. The van der Waals surface area contributed by atoms with Gasteiger partial charge in [0.1, 0.15) is 0 Å². The van der Waals surface area contributed by atoms with Crippen LogP contribution in [0, 0.1) is 18.8 Å². The van der Waals surface area contributed by atoms with Crippen molar-refractivity contribution in [1.82, 2.24) is 5.32 Å². The van der Waals surface area contributed by atoms with Crippen molar-refractivity contribution in [1.29, 1.82) is 0 Å². The molecule has 1 aliphatic heterocycles. The van der Waals surface area contributed by atoms with Crippen molar-refractivity contribution in [3.8, 4) is 0 Å². The summed E-state index contributed by atoms with van der Waals surface area (Å²) in [4.78, 5) is 15.1. The number of rotatable bonds is 6. The van der Waals surface area contributed by atoms with Crippen LogP contribution in [0.4, 0.5) is 24.5 Å². The molecule has 2 N–H and O–H groups in total. The minimum atomic E-state index is -4.36. The van der Waals surface area contributed by atoms with Gasteiger partial charge in [-0.2, -0.15) is 13.2 Å². The second-order valence-corrected chi connectivity index (χ2v) is 10.3. The number of hydrogen-bond acceptors (Lipinski definition) is 3. The molecule has 0 atom stereocenters. The van der Waals surface area contributed by atoms with Gasteiger partial charge in [0, 0.05) is 48.0 Å². The number of benzene rings is 2. The summed E-state index contributed by atoms with van der Waals surface area (Å²) in [5.74, 6) is 0.564. The van der Waals surface area contributed by atoms with Gasteiger partial charge in [-0.15, -0.1) is 0 Å². The predicted octanol–water partition coefficient (Wildman–Crippen LogP) is 6.67. The van der Waals surface area contributed by atoms with Crippen LogP contribution in [-0.4, -0.2) is 31.6 Å². The van der Waals surface area contributed by atoms with Gasteiger partial charge in [0.15, 0.2) is 0 Å². The first-order valence-electron chi connectivity index (χ1n) is 12.4. The largest absolute Gasteiger partial charge is 0.416 e. The van der Waals surface area contributed by atoms with Gasteiger partial charge in [0.2, 0.25) is 5.91 Å². The van der Waals surface area contributed by atoms with E-state index in [0.717, 1.165) is 56.6 Å². The average molecular weight is 508 g/mol. The van der Waals surface area contributed by atoms with E-state index < -0.39 is 11.7 Å². The van der Waals surface area contributed by atoms with Crippen LogP contribution in [0.1, 0.15) is 49.7 Å². The summed E-state index contributed by atoms with van der Waals surface area (Å²) in [6.07, 6.45) is 0.753. The van der Waals surface area contributed by atoms with Gasteiger partial charge in [-0.1, -0.05) is 17.7 Å². The Morgan fingerprint density at radius 2 is 1.66 bits per heavy atom. The zero-order valence-corrected chi connectivity index (χ0v) is 20.8.